The zero-order chi connectivity index (χ0) is 20.6. The van der Waals surface area contributed by atoms with Crippen LogP contribution in [0.5, 0.6) is 0 Å². The summed E-state index contributed by atoms with van der Waals surface area (Å²) in [6, 6.07) is 6.86. The van der Waals surface area contributed by atoms with Crippen LogP contribution in [0.15, 0.2) is 34.6 Å². The monoisotopic (exact) mass is 547 g/mol. The Kier molecular flexibility index (Phi) is 10.4. The van der Waals surface area contributed by atoms with Crippen LogP contribution < -0.4 is 5.32 Å². The molecule has 1 fully saturated rings. The van der Waals surface area contributed by atoms with Crippen LogP contribution in [0.4, 0.5) is 4.39 Å². The van der Waals surface area contributed by atoms with Gasteiger partial charge in [-0.3, -0.25) is 9.89 Å². The van der Waals surface area contributed by atoms with Crippen LogP contribution in [-0.2, 0) is 11.3 Å². The van der Waals surface area contributed by atoms with E-state index in [-0.39, 0.29) is 35.8 Å². The van der Waals surface area contributed by atoms with Crippen molar-refractivity contribution in [3.05, 3.63) is 51.7 Å². The molecule has 0 aliphatic carbocycles. The number of rotatable bonds is 7. The van der Waals surface area contributed by atoms with E-state index in [0.717, 1.165) is 41.9 Å². The molecule has 2 heterocycles. The summed E-state index contributed by atoms with van der Waals surface area (Å²) in [6.07, 6.45) is 0. The number of nitrogens with zero attached hydrogens (tertiary/aromatic N) is 4. The largest absolute Gasteiger partial charge is 0.379 e. The summed E-state index contributed by atoms with van der Waals surface area (Å²) in [5, 5.41) is 6.51. The number of ether oxygens (including phenoxy) is 1. The first-order valence-electron chi connectivity index (χ1n) is 10.0. The highest BCUT2D eigenvalue weighted by Gasteiger charge is 2.23. The Morgan fingerprint density at radius 1 is 1.40 bits per heavy atom. The van der Waals surface area contributed by atoms with Crippen molar-refractivity contribution in [3.63, 3.8) is 0 Å². The van der Waals surface area contributed by atoms with Crippen molar-refractivity contribution in [3.8, 4) is 0 Å². The number of aromatic nitrogens is 1. The molecule has 1 aromatic carbocycles. The average Bonchev–Trinajstić information content (AvgIpc) is 3.12. The van der Waals surface area contributed by atoms with Gasteiger partial charge in [-0.2, -0.15) is 0 Å². The predicted octanol–water partition coefficient (Wildman–Crippen LogP) is 3.68. The van der Waals surface area contributed by atoms with Crippen molar-refractivity contribution in [2.75, 3.05) is 46.4 Å². The lowest BCUT2D eigenvalue weighted by Crippen LogP contribution is -2.42. The first-order chi connectivity index (χ1) is 14.1. The fourth-order valence-corrected chi connectivity index (χ4v) is 4.08. The van der Waals surface area contributed by atoms with Gasteiger partial charge >= 0.3 is 0 Å². The van der Waals surface area contributed by atoms with Gasteiger partial charge in [0.05, 0.1) is 43.0 Å². The minimum Gasteiger partial charge on any atom is -0.379 e. The maximum atomic E-state index is 13.9. The van der Waals surface area contributed by atoms with Gasteiger partial charge in [0.25, 0.3) is 0 Å². The van der Waals surface area contributed by atoms with Crippen molar-refractivity contribution in [2.45, 2.75) is 26.4 Å². The number of nitrogens with one attached hydrogen (secondary N) is 1. The van der Waals surface area contributed by atoms with E-state index in [0.29, 0.717) is 26.3 Å². The van der Waals surface area contributed by atoms with Crippen LogP contribution in [0.3, 0.4) is 0 Å². The number of guanidine groups is 1. The van der Waals surface area contributed by atoms with Crippen LogP contribution in [0.25, 0.3) is 0 Å². The van der Waals surface area contributed by atoms with Gasteiger partial charge in [-0.25, -0.2) is 9.37 Å². The summed E-state index contributed by atoms with van der Waals surface area (Å²) >= 11 is 1.66. The van der Waals surface area contributed by atoms with Crippen LogP contribution in [0.2, 0.25) is 0 Å². The van der Waals surface area contributed by atoms with Gasteiger partial charge in [0.15, 0.2) is 5.96 Å². The van der Waals surface area contributed by atoms with E-state index in [4.69, 9.17) is 9.73 Å². The summed E-state index contributed by atoms with van der Waals surface area (Å²) in [4.78, 5) is 13.9. The molecule has 1 saturated heterocycles. The normalized spacial score (nSPS) is 16.1. The molecule has 2 aromatic rings. The quantitative estimate of drug-likeness (QED) is 0.326. The Labute approximate surface area is 199 Å². The molecule has 0 radical (unpaired) electrons. The number of aliphatic imine (C=N–C) groups is 1. The summed E-state index contributed by atoms with van der Waals surface area (Å²) in [7, 11) is 2.02. The molecule has 0 spiro atoms. The van der Waals surface area contributed by atoms with Gasteiger partial charge in [0, 0.05) is 32.1 Å². The Morgan fingerprint density at radius 3 is 2.80 bits per heavy atom. The number of hydrogen-bond donors (Lipinski definition) is 1. The number of hydrogen-bond acceptors (Lipinski definition) is 5. The number of thiazole rings is 1. The lowest BCUT2D eigenvalue weighted by atomic mass is 10.0. The Morgan fingerprint density at radius 2 is 2.17 bits per heavy atom. The fourth-order valence-electron chi connectivity index (χ4n) is 3.48. The summed E-state index contributed by atoms with van der Waals surface area (Å²) < 4.78 is 19.4. The van der Waals surface area contributed by atoms with Crippen molar-refractivity contribution in [1.29, 1.82) is 0 Å². The molecule has 166 valence electrons. The second-order valence-corrected chi connectivity index (χ2v) is 8.19. The Bertz CT molecular complexity index is 812. The van der Waals surface area contributed by atoms with Gasteiger partial charge < -0.3 is 15.0 Å². The predicted molar refractivity (Wildman–Crippen MR) is 131 cm³/mol. The van der Waals surface area contributed by atoms with Gasteiger partial charge in [-0.1, -0.05) is 12.1 Å². The second-order valence-electron chi connectivity index (χ2n) is 7.13. The van der Waals surface area contributed by atoms with Crippen LogP contribution in [0, 0.1) is 12.7 Å². The molecule has 0 saturated carbocycles. The standard InChI is InChI=1S/C21H30FN5OS.HI/c1-4-23-21(26(3)14-19-15-29-16(2)25-19)24-13-20(27-8-10-28-11-9-27)17-6-5-7-18(22)12-17;/h5-7,12,15,20H,4,8-11,13-14H2,1-3H3,(H,23,24);1H. The minimum absolute atomic E-state index is 0. The second kappa shape index (κ2) is 12.5. The van der Waals surface area contributed by atoms with Gasteiger partial charge in [0.2, 0.25) is 0 Å². The number of morpholine rings is 1. The van der Waals surface area contributed by atoms with E-state index < -0.39 is 0 Å². The maximum Gasteiger partial charge on any atom is 0.194 e. The first kappa shape index (κ1) is 25.0. The molecular weight excluding hydrogens is 516 g/mol. The molecule has 0 amide bonds. The molecule has 1 aliphatic rings. The van der Waals surface area contributed by atoms with Crippen molar-refractivity contribution in [2.24, 2.45) is 4.99 Å². The zero-order valence-electron chi connectivity index (χ0n) is 17.8. The third-order valence-electron chi connectivity index (χ3n) is 4.90. The Hall–Kier alpha value is -1.30. The molecule has 1 atom stereocenters. The highest BCUT2D eigenvalue weighted by Crippen LogP contribution is 2.23. The molecule has 0 bridgehead atoms. The highest BCUT2D eigenvalue weighted by molar-refractivity contribution is 14.0. The smallest absolute Gasteiger partial charge is 0.194 e. The molecule has 1 aliphatic heterocycles. The molecular formula is C21H31FIN5OS. The first-order valence-corrected chi connectivity index (χ1v) is 10.9. The SMILES string of the molecule is CCNC(=NCC(c1cccc(F)c1)N1CCOCC1)N(C)Cc1csc(C)n1.I. The van der Waals surface area contributed by atoms with E-state index in [1.807, 2.05) is 20.0 Å². The van der Waals surface area contributed by atoms with E-state index in [9.17, 15) is 4.39 Å². The van der Waals surface area contributed by atoms with Crippen molar-refractivity contribution in [1.82, 2.24) is 20.1 Å². The lowest BCUT2D eigenvalue weighted by Gasteiger charge is -2.34. The number of aryl methyl sites for hydroxylation is 1. The highest BCUT2D eigenvalue weighted by atomic mass is 127. The number of halogens is 2. The van der Waals surface area contributed by atoms with E-state index in [1.165, 1.54) is 6.07 Å². The summed E-state index contributed by atoms with van der Waals surface area (Å²) in [5.41, 5.74) is 1.99. The van der Waals surface area contributed by atoms with Crippen molar-refractivity contribution < 1.29 is 9.13 Å². The van der Waals surface area contributed by atoms with Crippen LogP contribution in [0.1, 0.15) is 29.2 Å². The third kappa shape index (κ3) is 7.14. The van der Waals surface area contributed by atoms with E-state index in [1.54, 1.807) is 23.5 Å². The molecule has 1 aromatic heterocycles. The van der Waals surface area contributed by atoms with E-state index in [2.05, 4.69) is 32.4 Å². The number of benzene rings is 1. The van der Waals surface area contributed by atoms with Gasteiger partial charge in [-0.05, 0) is 31.5 Å². The maximum absolute atomic E-state index is 13.9. The molecule has 3 rings (SSSR count). The summed E-state index contributed by atoms with van der Waals surface area (Å²) in [5.74, 6) is 0.612. The average molecular weight is 547 g/mol. The van der Waals surface area contributed by atoms with Crippen molar-refractivity contribution >= 4 is 41.3 Å². The zero-order valence-corrected chi connectivity index (χ0v) is 21.0. The lowest BCUT2D eigenvalue weighted by molar-refractivity contribution is 0.0179. The minimum atomic E-state index is -0.215. The van der Waals surface area contributed by atoms with Crippen LogP contribution in [-0.4, -0.2) is 67.2 Å². The molecule has 30 heavy (non-hydrogen) atoms. The fraction of sp³-hybridized carbons (Fsp3) is 0.524. The molecule has 6 nitrogen and oxygen atoms in total. The van der Waals surface area contributed by atoms with Crippen LogP contribution >= 0.6 is 35.3 Å². The topological polar surface area (TPSA) is 53.0 Å². The molecule has 1 unspecified atom stereocenters. The Balaban J connectivity index is 0.00000320. The van der Waals surface area contributed by atoms with Gasteiger partial charge in [0.1, 0.15) is 5.82 Å². The van der Waals surface area contributed by atoms with E-state index >= 15 is 0 Å². The van der Waals surface area contributed by atoms with Gasteiger partial charge in [-0.15, -0.1) is 35.3 Å². The summed E-state index contributed by atoms with van der Waals surface area (Å²) in [6.45, 7) is 9.12. The molecule has 9 heteroatoms. The molecule has 1 N–H and O–H groups in total. The third-order valence-corrected chi connectivity index (χ3v) is 5.72.